The largest absolute Gasteiger partial charge is 0.493 e. The van der Waals surface area contributed by atoms with Crippen molar-refractivity contribution in [1.29, 1.82) is 0 Å². The van der Waals surface area contributed by atoms with Gasteiger partial charge in [-0.2, -0.15) is 0 Å². The first-order chi connectivity index (χ1) is 20.9. The number of hydrogen-bond acceptors (Lipinski definition) is 7. The third-order valence-corrected chi connectivity index (χ3v) is 7.43. The van der Waals surface area contributed by atoms with Gasteiger partial charge in [0.05, 0.1) is 19.0 Å². The Balaban J connectivity index is 1.22. The molecule has 4 aromatic rings. The van der Waals surface area contributed by atoms with E-state index < -0.39 is 11.6 Å². The van der Waals surface area contributed by atoms with Gasteiger partial charge in [-0.05, 0) is 73.5 Å². The molecule has 1 saturated heterocycles. The van der Waals surface area contributed by atoms with E-state index in [1.54, 1.807) is 37.6 Å². The summed E-state index contributed by atoms with van der Waals surface area (Å²) in [7, 11) is 1.56. The number of Topliss-reactive ketones (excluding diaryl/α,β-unsaturated/α-hetero) is 2. The average molecular weight is 589 g/mol. The normalized spacial score (nSPS) is 13.6. The molecular weight excluding hydrogens is 554 g/mol. The van der Waals surface area contributed by atoms with Crippen molar-refractivity contribution in [1.82, 2.24) is 9.88 Å². The highest BCUT2D eigenvalue weighted by molar-refractivity contribution is 6.00. The van der Waals surface area contributed by atoms with E-state index in [2.05, 4.69) is 9.88 Å². The number of ether oxygens (including phenoxy) is 3. The second-order valence-electron chi connectivity index (χ2n) is 10.7. The van der Waals surface area contributed by atoms with E-state index in [0.29, 0.717) is 45.9 Å². The van der Waals surface area contributed by atoms with Crippen molar-refractivity contribution in [3.8, 4) is 23.0 Å². The monoisotopic (exact) mass is 588 g/mol. The van der Waals surface area contributed by atoms with Gasteiger partial charge in [-0.3, -0.25) is 19.5 Å². The van der Waals surface area contributed by atoms with E-state index in [-0.39, 0.29) is 36.6 Å². The molecule has 1 aliphatic heterocycles. The summed E-state index contributed by atoms with van der Waals surface area (Å²) in [5.74, 6) is -0.183. The Morgan fingerprint density at radius 3 is 2.26 bits per heavy atom. The molecule has 0 amide bonds. The molecule has 0 aliphatic carbocycles. The zero-order valence-electron chi connectivity index (χ0n) is 24.1. The van der Waals surface area contributed by atoms with E-state index in [9.17, 15) is 14.0 Å². The van der Waals surface area contributed by atoms with E-state index in [1.807, 2.05) is 0 Å². The smallest absolute Gasteiger partial charge is 0.166 e. The first kappa shape index (κ1) is 30.1. The summed E-state index contributed by atoms with van der Waals surface area (Å²) in [6, 6.07) is 15.0. The molecule has 43 heavy (non-hydrogen) atoms. The molecule has 0 N–H and O–H groups in total. The Bertz CT molecular complexity index is 1590. The summed E-state index contributed by atoms with van der Waals surface area (Å²) in [4.78, 5) is 31.6. The Morgan fingerprint density at radius 1 is 0.814 bits per heavy atom. The van der Waals surface area contributed by atoms with Gasteiger partial charge in [-0.15, -0.1) is 0 Å². The predicted octanol–water partition coefficient (Wildman–Crippen LogP) is 6.49. The highest BCUT2D eigenvalue weighted by Gasteiger charge is 2.17. The molecule has 0 saturated carbocycles. The standard InChI is InChI=1S/C34H34F2N2O5/c1-41-33-21-28-30(22-34(33)42-16-15-38-13-3-2-4-14-38)37-12-11-31(28)43-32-10-7-24(19-29(32)36)18-27(40)20-26(39)17-23-5-8-25(35)9-6-23/h5-12,19,21-22H,2-4,13-18,20H2,1H3. The van der Waals surface area contributed by atoms with Crippen molar-refractivity contribution >= 4 is 22.5 Å². The molecule has 9 heteroatoms. The van der Waals surface area contributed by atoms with Gasteiger partial charge in [0, 0.05) is 37.0 Å². The lowest BCUT2D eigenvalue weighted by atomic mass is 10.0. The molecule has 0 unspecified atom stereocenters. The summed E-state index contributed by atoms with van der Waals surface area (Å²) in [5.41, 5.74) is 1.67. The molecule has 1 fully saturated rings. The van der Waals surface area contributed by atoms with Crippen LogP contribution in [0.25, 0.3) is 10.9 Å². The van der Waals surface area contributed by atoms with Crippen LogP contribution in [0, 0.1) is 11.6 Å². The quantitative estimate of drug-likeness (QED) is 0.165. The number of rotatable bonds is 13. The van der Waals surface area contributed by atoms with Gasteiger partial charge < -0.3 is 14.2 Å². The van der Waals surface area contributed by atoms with Gasteiger partial charge in [0.15, 0.2) is 23.1 Å². The number of carbonyl (C=O) groups excluding carboxylic acids is 2. The van der Waals surface area contributed by atoms with Crippen LogP contribution in [0.3, 0.4) is 0 Å². The molecule has 0 bridgehead atoms. The van der Waals surface area contributed by atoms with Crippen LogP contribution in [0.5, 0.6) is 23.0 Å². The molecule has 0 radical (unpaired) electrons. The van der Waals surface area contributed by atoms with E-state index in [1.165, 1.54) is 55.7 Å². The minimum atomic E-state index is -0.641. The number of piperidine rings is 1. The molecule has 3 aromatic carbocycles. The first-order valence-electron chi connectivity index (χ1n) is 14.4. The lowest BCUT2D eigenvalue weighted by molar-refractivity contribution is -0.126. The van der Waals surface area contributed by atoms with Crippen molar-refractivity contribution < 1.29 is 32.6 Å². The van der Waals surface area contributed by atoms with Gasteiger partial charge in [0.1, 0.15) is 29.7 Å². The Morgan fingerprint density at radius 2 is 1.53 bits per heavy atom. The molecular formula is C34H34F2N2O5. The lowest BCUT2D eigenvalue weighted by Crippen LogP contribution is -2.33. The maximum atomic E-state index is 15.1. The van der Waals surface area contributed by atoms with E-state index in [4.69, 9.17) is 14.2 Å². The van der Waals surface area contributed by atoms with E-state index in [0.717, 1.165) is 19.6 Å². The number of halogens is 2. The van der Waals surface area contributed by atoms with Crippen LogP contribution in [-0.4, -0.2) is 54.8 Å². The van der Waals surface area contributed by atoms with Crippen molar-refractivity contribution in [3.05, 3.63) is 89.6 Å². The number of pyridine rings is 1. The van der Waals surface area contributed by atoms with Crippen molar-refractivity contribution in [2.75, 3.05) is 33.4 Å². The maximum Gasteiger partial charge on any atom is 0.166 e. The zero-order chi connectivity index (χ0) is 30.2. The number of aromatic nitrogens is 1. The summed E-state index contributed by atoms with van der Waals surface area (Å²) in [5, 5.41) is 0.626. The van der Waals surface area contributed by atoms with Crippen molar-refractivity contribution in [3.63, 3.8) is 0 Å². The maximum absolute atomic E-state index is 15.1. The number of ketones is 2. The SMILES string of the molecule is COc1cc2c(Oc3ccc(CC(=O)CC(=O)Cc4ccc(F)cc4)cc3F)ccnc2cc1OCCN1CCCCC1. The minimum Gasteiger partial charge on any atom is -0.493 e. The third-order valence-electron chi connectivity index (χ3n) is 7.43. The van der Waals surface area contributed by atoms with Crippen molar-refractivity contribution in [2.24, 2.45) is 0 Å². The number of benzene rings is 3. The first-order valence-corrected chi connectivity index (χ1v) is 14.4. The number of hydrogen-bond donors (Lipinski definition) is 0. The molecule has 0 atom stereocenters. The van der Waals surface area contributed by atoms with Crippen molar-refractivity contribution in [2.45, 2.75) is 38.5 Å². The number of fused-ring (bicyclic) bond motifs is 1. The Kier molecular flexibility index (Phi) is 9.94. The van der Waals surface area contributed by atoms with Crippen LogP contribution in [0.15, 0.2) is 66.9 Å². The Hall–Kier alpha value is -4.37. The van der Waals surface area contributed by atoms with Gasteiger partial charge in [0.25, 0.3) is 0 Å². The summed E-state index contributed by atoms with van der Waals surface area (Å²) in [6.45, 7) is 3.55. The van der Waals surface area contributed by atoms with Gasteiger partial charge in [-0.25, -0.2) is 8.78 Å². The Labute approximate surface area is 249 Å². The molecule has 1 aliphatic rings. The highest BCUT2D eigenvalue weighted by atomic mass is 19.1. The third kappa shape index (κ3) is 8.14. The number of likely N-dealkylation sites (tertiary alicyclic amines) is 1. The molecule has 5 rings (SSSR count). The predicted molar refractivity (Wildman–Crippen MR) is 159 cm³/mol. The molecule has 7 nitrogen and oxygen atoms in total. The fraction of sp³-hybridized carbons (Fsp3) is 0.324. The number of methoxy groups -OCH3 is 1. The summed E-state index contributed by atoms with van der Waals surface area (Å²) >= 11 is 0. The average Bonchev–Trinajstić information content (AvgIpc) is 3.00. The second-order valence-corrected chi connectivity index (χ2v) is 10.7. The van der Waals surface area contributed by atoms with Crippen LogP contribution >= 0.6 is 0 Å². The van der Waals surface area contributed by atoms with Gasteiger partial charge in [0.2, 0.25) is 0 Å². The zero-order valence-corrected chi connectivity index (χ0v) is 24.1. The summed E-state index contributed by atoms with van der Waals surface area (Å²) < 4.78 is 45.7. The van der Waals surface area contributed by atoms with Crippen LogP contribution in [0.4, 0.5) is 8.78 Å². The van der Waals surface area contributed by atoms with Crippen LogP contribution in [0.1, 0.15) is 36.8 Å². The topological polar surface area (TPSA) is 78.0 Å². The fourth-order valence-electron chi connectivity index (χ4n) is 5.22. The van der Waals surface area contributed by atoms with Crippen LogP contribution in [-0.2, 0) is 22.4 Å². The molecule has 1 aromatic heterocycles. The lowest BCUT2D eigenvalue weighted by Gasteiger charge is -2.26. The van der Waals surface area contributed by atoms with Gasteiger partial charge in [-0.1, -0.05) is 24.6 Å². The van der Waals surface area contributed by atoms with E-state index >= 15 is 4.39 Å². The molecule has 2 heterocycles. The number of nitrogens with zero attached hydrogens (tertiary/aromatic N) is 2. The van der Waals surface area contributed by atoms with Crippen LogP contribution in [0.2, 0.25) is 0 Å². The number of carbonyl (C=O) groups is 2. The highest BCUT2D eigenvalue weighted by Crippen LogP contribution is 2.37. The summed E-state index contributed by atoms with van der Waals surface area (Å²) in [6.07, 6.45) is 4.94. The fourth-order valence-corrected chi connectivity index (χ4v) is 5.22. The minimum absolute atomic E-state index is 0.0167. The van der Waals surface area contributed by atoms with Gasteiger partial charge >= 0.3 is 0 Å². The second kappa shape index (κ2) is 14.2. The molecule has 224 valence electrons. The van der Waals surface area contributed by atoms with Crippen LogP contribution < -0.4 is 14.2 Å². The molecule has 0 spiro atoms.